The Kier molecular flexibility index (Phi) is 4.23. The van der Waals surface area contributed by atoms with Crippen LogP contribution in [-0.4, -0.2) is 42.9 Å². The van der Waals surface area contributed by atoms with Gasteiger partial charge in [0.2, 0.25) is 5.96 Å². The zero-order valence-corrected chi connectivity index (χ0v) is 13.5. The summed E-state index contributed by atoms with van der Waals surface area (Å²) in [7, 11) is 4.09. The second-order valence-corrected chi connectivity index (χ2v) is 5.69. The van der Waals surface area contributed by atoms with Crippen LogP contribution in [-0.2, 0) is 0 Å². The molecule has 1 heterocycles. The van der Waals surface area contributed by atoms with Crippen LogP contribution in [0.25, 0.3) is 0 Å². The first-order chi connectivity index (χ1) is 11.1. The Morgan fingerprint density at radius 1 is 0.826 bits per heavy atom. The smallest absolute Gasteiger partial charge is 0.218 e. The third-order valence-corrected chi connectivity index (χ3v) is 3.82. The maximum absolute atomic E-state index is 5.69. The molecule has 23 heavy (non-hydrogen) atoms. The predicted octanol–water partition coefficient (Wildman–Crippen LogP) is 2.57. The summed E-state index contributed by atoms with van der Waals surface area (Å²) >= 11 is 0. The molecule has 1 saturated heterocycles. The number of likely N-dealkylation sites (N-methyl/N-ethyl adjacent to an activating group) is 2. The van der Waals surface area contributed by atoms with E-state index < -0.39 is 0 Å². The van der Waals surface area contributed by atoms with Crippen LogP contribution in [0.4, 0.5) is 22.7 Å². The Bertz CT molecular complexity index is 665. The molecule has 1 fully saturated rings. The molecule has 4 N–H and O–H groups in total. The van der Waals surface area contributed by atoms with Gasteiger partial charge in [-0.25, -0.2) is 0 Å². The number of benzene rings is 2. The van der Waals surface area contributed by atoms with Gasteiger partial charge in [-0.15, -0.1) is 5.10 Å². The van der Waals surface area contributed by atoms with Gasteiger partial charge in [-0.05, 0) is 48.5 Å². The molecule has 0 saturated carbocycles. The summed E-state index contributed by atoms with van der Waals surface area (Å²) in [4.78, 5) is 4.26. The van der Waals surface area contributed by atoms with E-state index in [1.165, 1.54) is 0 Å². The van der Waals surface area contributed by atoms with E-state index in [0.29, 0.717) is 0 Å². The summed E-state index contributed by atoms with van der Waals surface area (Å²) in [5.41, 5.74) is 12.5. The minimum absolute atomic E-state index is 0.760. The van der Waals surface area contributed by atoms with E-state index in [1.807, 2.05) is 62.6 Å². The number of nitrogens with one attached hydrogen (secondary N) is 2. The highest BCUT2D eigenvalue weighted by atomic mass is 15.5. The van der Waals surface area contributed by atoms with E-state index in [1.54, 1.807) is 0 Å². The Balaban J connectivity index is 1.63. The molecule has 3 rings (SSSR count). The van der Waals surface area contributed by atoms with Gasteiger partial charge in [-0.1, -0.05) is 0 Å². The van der Waals surface area contributed by atoms with E-state index in [4.69, 9.17) is 5.73 Å². The summed E-state index contributed by atoms with van der Waals surface area (Å²) in [5, 5.41) is 7.80. The molecule has 1 aliphatic heterocycles. The number of guanidine groups is 1. The quantitative estimate of drug-likeness (QED) is 0.598. The third-order valence-electron chi connectivity index (χ3n) is 3.82. The zero-order valence-electron chi connectivity index (χ0n) is 13.5. The minimum Gasteiger partial charge on any atom is -0.399 e. The highest BCUT2D eigenvalue weighted by Crippen LogP contribution is 2.20. The van der Waals surface area contributed by atoms with Gasteiger partial charge < -0.3 is 20.9 Å². The molecule has 0 unspecified atom stereocenters. The monoisotopic (exact) mass is 310 g/mol. The van der Waals surface area contributed by atoms with Crippen LogP contribution in [0.2, 0.25) is 0 Å². The Labute approximate surface area is 136 Å². The summed E-state index contributed by atoms with van der Waals surface area (Å²) < 4.78 is 0. The van der Waals surface area contributed by atoms with Crippen LogP contribution in [0.15, 0.2) is 53.6 Å². The fourth-order valence-electron chi connectivity index (χ4n) is 2.44. The lowest BCUT2D eigenvalue weighted by Gasteiger charge is -2.15. The highest BCUT2D eigenvalue weighted by molar-refractivity contribution is 5.82. The maximum atomic E-state index is 5.69. The molecule has 2 aromatic rings. The molecule has 0 bridgehead atoms. The van der Waals surface area contributed by atoms with Crippen LogP contribution >= 0.6 is 0 Å². The number of hydrogen-bond donors (Lipinski definition) is 3. The number of nitrogen functional groups attached to an aromatic ring is 1. The van der Waals surface area contributed by atoms with Crippen LogP contribution in [0.3, 0.4) is 0 Å². The number of anilines is 4. The zero-order chi connectivity index (χ0) is 16.2. The van der Waals surface area contributed by atoms with Crippen molar-refractivity contribution in [3.8, 4) is 0 Å². The first-order valence-electron chi connectivity index (χ1n) is 7.60. The van der Waals surface area contributed by atoms with Crippen molar-refractivity contribution in [2.45, 2.75) is 0 Å². The van der Waals surface area contributed by atoms with Crippen LogP contribution in [0, 0.1) is 0 Å². The van der Waals surface area contributed by atoms with E-state index in [0.717, 1.165) is 41.8 Å². The molecular weight excluding hydrogens is 288 g/mol. The summed E-state index contributed by atoms with van der Waals surface area (Å²) in [5.74, 6) is 0.953. The highest BCUT2D eigenvalue weighted by Gasteiger charge is 2.19. The van der Waals surface area contributed by atoms with E-state index in [2.05, 4.69) is 25.6 Å². The SMILES string of the molecule is CN1CCN(C)C1=NNc1ccc(Nc2ccc(N)cc2)cc1. The lowest BCUT2D eigenvalue weighted by Crippen LogP contribution is -2.29. The molecular formula is C17H22N6. The Hall–Kier alpha value is -2.89. The van der Waals surface area contributed by atoms with Crippen molar-refractivity contribution in [2.24, 2.45) is 5.10 Å². The van der Waals surface area contributed by atoms with Crippen molar-refractivity contribution in [3.63, 3.8) is 0 Å². The normalized spacial score (nSPS) is 14.1. The van der Waals surface area contributed by atoms with Crippen molar-refractivity contribution < 1.29 is 0 Å². The first kappa shape index (κ1) is 15.0. The van der Waals surface area contributed by atoms with E-state index >= 15 is 0 Å². The van der Waals surface area contributed by atoms with Gasteiger partial charge in [0.25, 0.3) is 0 Å². The lowest BCUT2D eigenvalue weighted by atomic mass is 10.2. The number of nitrogens with zero attached hydrogens (tertiary/aromatic N) is 3. The van der Waals surface area contributed by atoms with Crippen LogP contribution in [0.1, 0.15) is 0 Å². The number of hydrazone groups is 1. The van der Waals surface area contributed by atoms with Gasteiger partial charge in [0.05, 0.1) is 5.69 Å². The summed E-state index contributed by atoms with van der Waals surface area (Å²) in [6, 6.07) is 15.7. The van der Waals surface area contributed by atoms with Gasteiger partial charge in [0.1, 0.15) is 0 Å². The van der Waals surface area contributed by atoms with Gasteiger partial charge in [0, 0.05) is 44.2 Å². The second-order valence-electron chi connectivity index (χ2n) is 5.69. The largest absolute Gasteiger partial charge is 0.399 e. The summed E-state index contributed by atoms with van der Waals surface area (Å²) in [6.45, 7) is 2.00. The molecule has 0 spiro atoms. The van der Waals surface area contributed by atoms with Crippen LogP contribution in [0.5, 0.6) is 0 Å². The molecule has 0 aliphatic carbocycles. The van der Waals surface area contributed by atoms with Gasteiger partial charge in [0.15, 0.2) is 0 Å². The molecule has 2 aromatic carbocycles. The molecule has 0 radical (unpaired) electrons. The average Bonchev–Trinajstić information content (AvgIpc) is 2.88. The Morgan fingerprint density at radius 3 is 1.87 bits per heavy atom. The average molecular weight is 310 g/mol. The molecule has 0 atom stereocenters. The molecule has 0 aromatic heterocycles. The van der Waals surface area contributed by atoms with Gasteiger partial charge >= 0.3 is 0 Å². The third kappa shape index (κ3) is 3.66. The van der Waals surface area contributed by atoms with Crippen molar-refractivity contribution in [2.75, 3.05) is 43.7 Å². The predicted molar refractivity (Wildman–Crippen MR) is 96.9 cm³/mol. The molecule has 6 heteroatoms. The lowest BCUT2D eigenvalue weighted by molar-refractivity contribution is 0.553. The molecule has 120 valence electrons. The standard InChI is InChI=1S/C17H22N6/c1-22-11-12-23(2)17(22)21-20-16-9-7-15(8-10-16)19-14-5-3-13(18)4-6-14/h3-10,19-20H,11-12,18H2,1-2H3. The van der Waals surface area contributed by atoms with Crippen molar-refractivity contribution >= 4 is 28.7 Å². The minimum atomic E-state index is 0.760. The summed E-state index contributed by atoms with van der Waals surface area (Å²) in [6.07, 6.45) is 0. The molecule has 1 aliphatic rings. The molecule has 6 nitrogen and oxygen atoms in total. The van der Waals surface area contributed by atoms with E-state index in [-0.39, 0.29) is 0 Å². The molecule has 0 amide bonds. The number of hydrogen-bond acceptors (Lipinski definition) is 4. The van der Waals surface area contributed by atoms with Crippen LogP contribution < -0.4 is 16.5 Å². The second kappa shape index (κ2) is 6.48. The fourth-order valence-corrected chi connectivity index (χ4v) is 2.44. The maximum Gasteiger partial charge on any atom is 0.218 e. The van der Waals surface area contributed by atoms with E-state index in [9.17, 15) is 0 Å². The fraction of sp³-hybridized carbons (Fsp3) is 0.235. The number of nitrogens with two attached hydrogens (primary N) is 1. The van der Waals surface area contributed by atoms with Crippen molar-refractivity contribution in [3.05, 3.63) is 48.5 Å². The topological polar surface area (TPSA) is 68.9 Å². The first-order valence-corrected chi connectivity index (χ1v) is 7.60. The van der Waals surface area contributed by atoms with Gasteiger partial charge in [-0.2, -0.15) is 0 Å². The van der Waals surface area contributed by atoms with Crippen molar-refractivity contribution in [1.29, 1.82) is 0 Å². The van der Waals surface area contributed by atoms with Gasteiger partial charge in [-0.3, -0.25) is 5.43 Å². The number of rotatable bonds is 4. The van der Waals surface area contributed by atoms with Crippen molar-refractivity contribution in [1.82, 2.24) is 9.80 Å². The Morgan fingerprint density at radius 2 is 1.30 bits per heavy atom.